The molecule has 0 aliphatic heterocycles. The van der Waals surface area contributed by atoms with Crippen LogP contribution >= 0.6 is 0 Å². The summed E-state index contributed by atoms with van der Waals surface area (Å²) < 4.78 is 32.1. The molecule has 1 aliphatic carbocycles. The van der Waals surface area contributed by atoms with Gasteiger partial charge in [0, 0.05) is 18.9 Å². The van der Waals surface area contributed by atoms with Crippen molar-refractivity contribution < 1.29 is 23.2 Å². The molecular formula is C12H11F2NO4. The summed E-state index contributed by atoms with van der Waals surface area (Å²) in [5.41, 5.74) is -0.940. The lowest BCUT2D eigenvalue weighted by atomic mass is 9.96. The van der Waals surface area contributed by atoms with Crippen molar-refractivity contribution in [1.82, 2.24) is 0 Å². The Kier molecular flexibility index (Phi) is 3.73. The van der Waals surface area contributed by atoms with Crippen molar-refractivity contribution in [2.24, 2.45) is 0 Å². The molecule has 0 aromatic heterocycles. The SMILES string of the molecule is O=C1CCCC(Oc2cc(F)c([N+](=O)[O-])cc2F)C1. The van der Waals surface area contributed by atoms with E-state index in [2.05, 4.69) is 0 Å². The predicted molar refractivity (Wildman–Crippen MR) is 60.9 cm³/mol. The third-order valence-corrected chi connectivity index (χ3v) is 2.93. The van der Waals surface area contributed by atoms with Gasteiger partial charge in [-0.05, 0) is 12.8 Å². The molecule has 0 amide bonds. The summed E-state index contributed by atoms with van der Waals surface area (Å²) in [6.45, 7) is 0. The molecule has 1 unspecified atom stereocenters. The number of ether oxygens (including phenoxy) is 1. The van der Waals surface area contributed by atoms with Gasteiger partial charge in [0.05, 0.1) is 11.0 Å². The Bertz CT molecular complexity index is 533. The van der Waals surface area contributed by atoms with Gasteiger partial charge < -0.3 is 4.74 Å². The van der Waals surface area contributed by atoms with E-state index in [9.17, 15) is 23.7 Å². The molecule has 1 aromatic rings. The van der Waals surface area contributed by atoms with Crippen LogP contribution in [-0.2, 0) is 4.79 Å². The summed E-state index contributed by atoms with van der Waals surface area (Å²) in [4.78, 5) is 20.6. The smallest absolute Gasteiger partial charge is 0.307 e. The first-order valence-corrected chi connectivity index (χ1v) is 5.79. The Labute approximate surface area is 107 Å². The third-order valence-electron chi connectivity index (χ3n) is 2.93. The molecule has 0 heterocycles. The average Bonchev–Trinajstić information content (AvgIpc) is 2.33. The number of halogens is 2. The number of carbonyl (C=O) groups is 1. The van der Waals surface area contributed by atoms with Crippen LogP contribution in [0.3, 0.4) is 0 Å². The van der Waals surface area contributed by atoms with Crippen LogP contribution in [0.2, 0.25) is 0 Å². The van der Waals surface area contributed by atoms with Crippen molar-refractivity contribution >= 4 is 11.5 Å². The Hall–Kier alpha value is -2.05. The van der Waals surface area contributed by atoms with Crippen molar-refractivity contribution in [1.29, 1.82) is 0 Å². The van der Waals surface area contributed by atoms with Gasteiger partial charge in [-0.2, -0.15) is 4.39 Å². The van der Waals surface area contributed by atoms with Crippen molar-refractivity contribution in [3.05, 3.63) is 33.9 Å². The van der Waals surface area contributed by atoms with Gasteiger partial charge in [-0.25, -0.2) is 4.39 Å². The molecule has 0 saturated heterocycles. The number of Topliss-reactive ketones (excluding diaryl/α,β-unsaturated/α-hetero) is 1. The van der Waals surface area contributed by atoms with Gasteiger partial charge in [0.1, 0.15) is 11.9 Å². The van der Waals surface area contributed by atoms with Gasteiger partial charge in [0.15, 0.2) is 11.6 Å². The first-order valence-electron chi connectivity index (χ1n) is 5.79. The molecule has 0 radical (unpaired) electrons. The highest BCUT2D eigenvalue weighted by molar-refractivity contribution is 5.79. The van der Waals surface area contributed by atoms with E-state index in [-0.39, 0.29) is 12.2 Å². The molecule has 1 aromatic carbocycles. The summed E-state index contributed by atoms with van der Waals surface area (Å²) in [5, 5.41) is 10.4. The molecule has 0 spiro atoms. The summed E-state index contributed by atoms with van der Waals surface area (Å²) in [6.07, 6.45) is 1.33. The lowest BCUT2D eigenvalue weighted by Gasteiger charge is -2.22. The Balaban J connectivity index is 2.19. The van der Waals surface area contributed by atoms with E-state index in [1.54, 1.807) is 0 Å². The number of carbonyl (C=O) groups excluding carboxylic acids is 1. The van der Waals surface area contributed by atoms with Crippen molar-refractivity contribution in [2.75, 3.05) is 0 Å². The van der Waals surface area contributed by atoms with Crippen LogP contribution in [0.15, 0.2) is 12.1 Å². The fourth-order valence-electron chi connectivity index (χ4n) is 2.01. The lowest BCUT2D eigenvalue weighted by molar-refractivity contribution is -0.387. The third kappa shape index (κ3) is 3.04. The number of benzene rings is 1. The topological polar surface area (TPSA) is 69.4 Å². The molecule has 1 saturated carbocycles. The number of nitro benzene ring substituents is 1. The van der Waals surface area contributed by atoms with E-state index < -0.39 is 34.1 Å². The minimum atomic E-state index is -1.16. The highest BCUT2D eigenvalue weighted by Crippen LogP contribution is 2.29. The van der Waals surface area contributed by atoms with Crippen LogP contribution in [-0.4, -0.2) is 16.8 Å². The quantitative estimate of drug-likeness (QED) is 0.626. The number of nitro groups is 1. The zero-order valence-corrected chi connectivity index (χ0v) is 9.90. The van der Waals surface area contributed by atoms with Crippen LogP contribution in [0.4, 0.5) is 14.5 Å². The van der Waals surface area contributed by atoms with E-state index in [0.717, 1.165) is 0 Å². The minimum absolute atomic E-state index is 0.0130. The second kappa shape index (κ2) is 5.29. The fourth-order valence-corrected chi connectivity index (χ4v) is 2.01. The number of hydrogen-bond donors (Lipinski definition) is 0. The Morgan fingerprint density at radius 3 is 2.68 bits per heavy atom. The molecule has 1 fully saturated rings. The second-order valence-electron chi connectivity index (χ2n) is 4.37. The maximum Gasteiger partial charge on any atom is 0.307 e. The number of rotatable bonds is 3. The summed E-state index contributed by atoms with van der Waals surface area (Å²) in [5.74, 6) is -2.56. The summed E-state index contributed by atoms with van der Waals surface area (Å²) >= 11 is 0. The van der Waals surface area contributed by atoms with Crippen LogP contribution in [0.1, 0.15) is 25.7 Å². The molecule has 1 aliphatic rings. The largest absolute Gasteiger partial charge is 0.487 e. The molecule has 0 bridgehead atoms. The van der Waals surface area contributed by atoms with Crippen LogP contribution in [0.5, 0.6) is 5.75 Å². The minimum Gasteiger partial charge on any atom is -0.487 e. The highest BCUT2D eigenvalue weighted by Gasteiger charge is 2.24. The molecule has 102 valence electrons. The monoisotopic (exact) mass is 271 g/mol. The lowest BCUT2D eigenvalue weighted by Crippen LogP contribution is -2.25. The standard InChI is InChI=1S/C12H11F2NO4/c13-9-6-12(10(14)5-11(9)15(17)18)19-8-3-1-2-7(16)4-8/h5-6,8H,1-4H2. The van der Waals surface area contributed by atoms with Crippen molar-refractivity contribution in [3.8, 4) is 5.75 Å². The summed E-state index contributed by atoms with van der Waals surface area (Å²) in [7, 11) is 0. The van der Waals surface area contributed by atoms with Crippen LogP contribution < -0.4 is 4.74 Å². The molecular weight excluding hydrogens is 260 g/mol. The Morgan fingerprint density at radius 1 is 1.32 bits per heavy atom. The average molecular weight is 271 g/mol. The van der Waals surface area contributed by atoms with Gasteiger partial charge in [0.25, 0.3) is 0 Å². The molecule has 7 heteroatoms. The van der Waals surface area contributed by atoms with Crippen molar-refractivity contribution in [3.63, 3.8) is 0 Å². The van der Waals surface area contributed by atoms with E-state index in [1.807, 2.05) is 0 Å². The molecule has 19 heavy (non-hydrogen) atoms. The number of nitrogens with zero attached hydrogens (tertiary/aromatic N) is 1. The van der Waals surface area contributed by atoms with Crippen LogP contribution in [0.25, 0.3) is 0 Å². The summed E-state index contributed by atoms with van der Waals surface area (Å²) in [6, 6.07) is 1.13. The maximum atomic E-state index is 13.6. The normalized spacial score (nSPS) is 19.3. The van der Waals surface area contributed by atoms with Gasteiger partial charge in [-0.3, -0.25) is 14.9 Å². The maximum absolute atomic E-state index is 13.6. The van der Waals surface area contributed by atoms with Crippen LogP contribution in [0, 0.1) is 21.7 Å². The fraction of sp³-hybridized carbons (Fsp3) is 0.417. The number of ketones is 1. The zero-order valence-electron chi connectivity index (χ0n) is 9.90. The first-order chi connectivity index (χ1) is 8.97. The molecule has 0 N–H and O–H groups in total. The predicted octanol–water partition coefficient (Wildman–Crippen LogP) is 2.76. The van der Waals surface area contributed by atoms with E-state index in [4.69, 9.17) is 4.74 Å². The molecule has 1 atom stereocenters. The van der Waals surface area contributed by atoms with E-state index >= 15 is 0 Å². The molecule has 5 nitrogen and oxygen atoms in total. The molecule has 2 rings (SSSR count). The van der Waals surface area contributed by atoms with Gasteiger partial charge in [-0.1, -0.05) is 0 Å². The van der Waals surface area contributed by atoms with E-state index in [1.165, 1.54) is 0 Å². The van der Waals surface area contributed by atoms with Gasteiger partial charge in [0.2, 0.25) is 5.82 Å². The van der Waals surface area contributed by atoms with Crippen molar-refractivity contribution in [2.45, 2.75) is 31.8 Å². The Morgan fingerprint density at radius 2 is 2.05 bits per heavy atom. The van der Waals surface area contributed by atoms with Gasteiger partial charge in [-0.15, -0.1) is 0 Å². The van der Waals surface area contributed by atoms with E-state index in [0.29, 0.717) is 31.4 Å². The second-order valence-corrected chi connectivity index (χ2v) is 4.37. The number of hydrogen-bond acceptors (Lipinski definition) is 4. The van der Waals surface area contributed by atoms with Gasteiger partial charge >= 0.3 is 5.69 Å². The highest BCUT2D eigenvalue weighted by atomic mass is 19.1. The zero-order chi connectivity index (χ0) is 14.0. The first kappa shape index (κ1) is 13.4.